The van der Waals surface area contributed by atoms with Gasteiger partial charge in [-0.25, -0.2) is 4.98 Å². The lowest BCUT2D eigenvalue weighted by Gasteiger charge is -2.32. The Balaban J connectivity index is 0.00000126. The fourth-order valence-electron chi connectivity index (χ4n) is 2.75. The van der Waals surface area contributed by atoms with Crippen LogP contribution in [0.25, 0.3) is 6.08 Å². The molecule has 1 aliphatic rings. The standard InChI is InChI=1S/C20H26BNO2S.C2H6/c1-14(21-23-19(3,4)20(5,6)24-21)12-17-15(2)22-18(25-17)13-16-10-8-7-9-11-16;1-2/h7-12H,13H2,1-6H3;1-2H3/b14-12+;. The fraction of sp³-hybridized carbons (Fsp3) is 0.500. The van der Waals surface area contributed by atoms with Gasteiger partial charge in [-0.3, -0.25) is 0 Å². The Kier molecular flexibility index (Phi) is 7.06. The number of hydrogen-bond acceptors (Lipinski definition) is 4. The van der Waals surface area contributed by atoms with Crippen LogP contribution in [0.2, 0.25) is 0 Å². The van der Waals surface area contributed by atoms with Crippen LogP contribution in [0.3, 0.4) is 0 Å². The summed E-state index contributed by atoms with van der Waals surface area (Å²) in [5.41, 5.74) is 2.81. The van der Waals surface area contributed by atoms with Gasteiger partial charge in [0, 0.05) is 11.3 Å². The number of aryl methyl sites for hydroxylation is 1. The first-order valence-corrected chi connectivity index (χ1v) is 10.5. The lowest BCUT2D eigenvalue weighted by atomic mass is 9.79. The maximum Gasteiger partial charge on any atom is 0.490 e. The number of hydrogen-bond donors (Lipinski definition) is 0. The van der Waals surface area contributed by atoms with E-state index in [1.165, 1.54) is 10.4 Å². The number of nitrogens with zero attached hydrogens (tertiary/aromatic N) is 1. The van der Waals surface area contributed by atoms with Gasteiger partial charge in [0.2, 0.25) is 0 Å². The van der Waals surface area contributed by atoms with Crippen LogP contribution in [-0.4, -0.2) is 23.3 Å². The molecule has 2 heterocycles. The molecule has 0 amide bonds. The van der Waals surface area contributed by atoms with Crippen molar-refractivity contribution in [3.8, 4) is 0 Å². The van der Waals surface area contributed by atoms with E-state index in [-0.39, 0.29) is 18.3 Å². The third kappa shape index (κ3) is 5.10. The summed E-state index contributed by atoms with van der Waals surface area (Å²) in [5, 5.41) is 1.14. The summed E-state index contributed by atoms with van der Waals surface area (Å²) < 4.78 is 12.3. The van der Waals surface area contributed by atoms with Crippen LogP contribution in [0.5, 0.6) is 0 Å². The number of aromatic nitrogens is 1. The van der Waals surface area contributed by atoms with Crippen LogP contribution in [0.15, 0.2) is 35.8 Å². The average molecular weight is 385 g/mol. The van der Waals surface area contributed by atoms with Crippen LogP contribution in [0.4, 0.5) is 0 Å². The topological polar surface area (TPSA) is 31.4 Å². The van der Waals surface area contributed by atoms with Gasteiger partial charge in [0.05, 0.1) is 21.9 Å². The monoisotopic (exact) mass is 385 g/mol. The Morgan fingerprint density at radius 2 is 1.63 bits per heavy atom. The lowest BCUT2D eigenvalue weighted by Crippen LogP contribution is -2.41. The molecule has 0 saturated carbocycles. The molecule has 1 aromatic carbocycles. The van der Waals surface area contributed by atoms with Gasteiger partial charge in [-0.15, -0.1) is 11.3 Å². The SMILES string of the molecule is C/C(=C\c1sc(Cc2ccccc2)nc1C)B1OC(C)(C)C(C)(C)O1.CC. The summed E-state index contributed by atoms with van der Waals surface area (Å²) in [7, 11) is -0.302. The molecular formula is C22H32BNO2S. The molecule has 0 unspecified atom stereocenters. The molecular weight excluding hydrogens is 353 g/mol. The number of rotatable bonds is 4. The zero-order valence-electron chi connectivity index (χ0n) is 17.9. The highest BCUT2D eigenvalue weighted by molar-refractivity contribution is 7.12. The molecule has 1 aliphatic heterocycles. The molecule has 1 aromatic heterocycles. The second-order valence-corrected chi connectivity index (χ2v) is 8.81. The third-order valence-corrected chi connectivity index (χ3v) is 6.16. The van der Waals surface area contributed by atoms with Crippen molar-refractivity contribution < 1.29 is 9.31 Å². The summed E-state index contributed by atoms with van der Waals surface area (Å²) in [6.07, 6.45) is 3.03. The van der Waals surface area contributed by atoms with Crippen molar-refractivity contribution in [3.63, 3.8) is 0 Å². The van der Waals surface area contributed by atoms with E-state index in [1.807, 2.05) is 19.9 Å². The Labute approximate surface area is 169 Å². The van der Waals surface area contributed by atoms with E-state index < -0.39 is 0 Å². The van der Waals surface area contributed by atoms with E-state index >= 15 is 0 Å². The van der Waals surface area contributed by atoms with Crippen LogP contribution < -0.4 is 0 Å². The maximum absolute atomic E-state index is 6.13. The molecule has 1 fully saturated rings. The smallest absolute Gasteiger partial charge is 0.400 e. The van der Waals surface area contributed by atoms with Crippen molar-refractivity contribution in [2.24, 2.45) is 0 Å². The Hall–Kier alpha value is -1.43. The van der Waals surface area contributed by atoms with E-state index in [4.69, 9.17) is 14.3 Å². The molecule has 27 heavy (non-hydrogen) atoms. The zero-order valence-corrected chi connectivity index (χ0v) is 18.7. The first-order chi connectivity index (χ1) is 12.7. The molecule has 0 aliphatic carbocycles. The summed E-state index contributed by atoms with van der Waals surface area (Å²) in [5.74, 6) is 0. The Bertz CT molecular complexity index is 765. The van der Waals surface area contributed by atoms with Crippen molar-refractivity contribution in [3.05, 3.63) is 56.9 Å². The fourth-order valence-corrected chi connectivity index (χ4v) is 3.86. The van der Waals surface area contributed by atoms with Gasteiger partial charge >= 0.3 is 7.12 Å². The van der Waals surface area contributed by atoms with Crippen LogP contribution in [-0.2, 0) is 15.7 Å². The maximum atomic E-state index is 6.13. The summed E-state index contributed by atoms with van der Waals surface area (Å²) in [4.78, 5) is 5.91. The Morgan fingerprint density at radius 3 is 2.19 bits per heavy atom. The highest BCUT2D eigenvalue weighted by atomic mass is 32.1. The van der Waals surface area contributed by atoms with Crippen LogP contribution >= 0.6 is 11.3 Å². The predicted molar refractivity (Wildman–Crippen MR) is 117 cm³/mol. The molecule has 0 atom stereocenters. The van der Waals surface area contributed by atoms with Gasteiger partial charge in [0.15, 0.2) is 0 Å². The minimum atomic E-state index is -0.312. The highest BCUT2D eigenvalue weighted by Crippen LogP contribution is 2.39. The molecule has 2 aromatic rings. The third-order valence-electron chi connectivity index (χ3n) is 5.06. The van der Waals surface area contributed by atoms with Gasteiger partial charge in [0.25, 0.3) is 0 Å². The molecule has 5 heteroatoms. The van der Waals surface area contributed by atoms with Gasteiger partial charge in [-0.1, -0.05) is 44.2 Å². The predicted octanol–water partition coefficient (Wildman–Crippen LogP) is 6.10. The van der Waals surface area contributed by atoms with Crippen molar-refractivity contribution in [1.82, 2.24) is 4.98 Å². The van der Waals surface area contributed by atoms with Crippen molar-refractivity contribution in [1.29, 1.82) is 0 Å². The molecule has 146 valence electrons. The normalized spacial score (nSPS) is 18.2. The number of thiazole rings is 1. The lowest BCUT2D eigenvalue weighted by molar-refractivity contribution is 0.00578. The molecule has 0 spiro atoms. The summed E-state index contributed by atoms with van der Waals surface area (Å²) in [6, 6.07) is 10.5. The molecule has 3 nitrogen and oxygen atoms in total. The van der Waals surface area contributed by atoms with E-state index in [2.05, 4.69) is 71.9 Å². The quantitative estimate of drug-likeness (QED) is 0.596. The first-order valence-electron chi connectivity index (χ1n) is 9.72. The van der Waals surface area contributed by atoms with Gasteiger partial charge in [-0.2, -0.15) is 0 Å². The first kappa shape index (κ1) is 21.9. The Morgan fingerprint density at radius 1 is 1.07 bits per heavy atom. The van der Waals surface area contributed by atoms with Gasteiger partial charge in [0.1, 0.15) is 0 Å². The van der Waals surface area contributed by atoms with Crippen molar-refractivity contribution >= 4 is 24.5 Å². The van der Waals surface area contributed by atoms with E-state index in [0.717, 1.165) is 22.6 Å². The summed E-state index contributed by atoms with van der Waals surface area (Å²) in [6.45, 7) is 16.4. The number of benzene rings is 1. The largest absolute Gasteiger partial charge is 0.490 e. The molecule has 1 saturated heterocycles. The molecule has 0 bridgehead atoms. The van der Waals surface area contributed by atoms with Crippen LogP contribution in [0, 0.1) is 6.92 Å². The summed E-state index contributed by atoms with van der Waals surface area (Å²) >= 11 is 1.74. The van der Waals surface area contributed by atoms with E-state index in [9.17, 15) is 0 Å². The minimum absolute atomic E-state index is 0.302. The molecule has 3 rings (SSSR count). The average Bonchev–Trinajstić information content (AvgIpc) is 3.06. The number of allylic oxidation sites excluding steroid dienone is 1. The van der Waals surface area contributed by atoms with E-state index in [0.29, 0.717) is 0 Å². The molecule has 0 radical (unpaired) electrons. The van der Waals surface area contributed by atoms with Gasteiger partial charge in [-0.05, 0) is 58.7 Å². The van der Waals surface area contributed by atoms with E-state index in [1.54, 1.807) is 11.3 Å². The molecule has 0 N–H and O–H groups in total. The van der Waals surface area contributed by atoms with Crippen molar-refractivity contribution in [2.75, 3.05) is 0 Å². The van der Waals surface area contributed by atoms with Gasteiger partial charge < -0.3 is 9.31 Å². The second-order valence-electron chi connectivity index (χ2n) is 7.70. The van der Waals surface area contributed by atoms with Crippen LogP contribution in [0.1, 0.15) is 69.6 Å². The van der Waals surface area contributed by atoms with Crippen molar-refractivity contribution in [2.45, 2.75) is 73.0 Å². The second kappa shape index (κ2) is 8.72. The zero-order chi connectivity index (χ0) is 20.2. The highest BCUT2D eigenvalue weighted by Gasteiger charge is 2.51. The minimum Gasteiger partial charge on any atom is -0.400 e.